The largest absolute Gasteiger partial charge is 0.495 e. The van der Waals surface area contributed by atoms with Crippen molar-refractivity contribution in [3.05, 3.63) is 30.5 Å². The second kappa shape index (κ2) is 13.7. The van der Waals surface area contributed by atoms with Crippen molar-refractivity contribution in [3.8, 4) is 5.75 Å². The van der Waals surface area contributed by atoms with E-state index in [-0.39, 0.29) is 4.90 Å². The Morgan fingerprint density at radius 1 is 1.16 bits per heavy atom. The molecule has 2 aromatic heterocycles. The molecule has 0 radical (unpaired) electrons. The Balaban J connectivity index is 0.000000541. The Hall–Kier alpha value is -3.67. The van der Waals surface area contributed by atoms with E-state index < -0.39 is 22.2 Å². The number of piperidine rings is 1. The van der Waals surface area contributed by atoms with Gasteiger partial charge in [-0.1, -0.05) is 0 Å². The maximum atomic E-state index is 13.4. The lowest BCUT2D eigenvalue weighted by Crippen LogP contribution is -2.50. The zero-order chi connectivity index (χ0) is 31.2. The summed E-state index contributed by atoms with van der Waals surface area (Å²) in [7, 11) is -2.12. The van der Waals surface area contributed by atoms with E-state index in [9.17, 15) is 21.6 Å². The van der Waals surface area contributed by atoms with Crippen LogP contribution in [-0.4, -0.2) is 109 Å². The van der Waals surface area contributed by atoms with Crippen molar-refractivity contribution >= 4 is 44.5 Å². The summed E-state index contributed by atoms with van der Waals surface area (Å²) in [6.07, 6.45) is -1.63. The highest BCUT2D eigenvalue weighted by Crippen LogP contribution is 2.33. The van der Waals surface area contributed by atoms with Crippen LogP contribution < -0.4 is 15.4 Å². The number of anilines is 3. The molecule has 236 valence electrons. The molecule has 0 saturated carbocycles. The summed E-state index contributed by atoms with van der Waals surface area (Å²) in [5.74, 6) is -1.27. The van der Waals surface area contributed by atoms with Gasteiger partial charge < -0.3 is 30.2 Å². The topological polar surface area (TPSA) is 162 Å². The number of methoxy groups -OCH3 is 1. The molecule has 43 heavy (non-hydrogen) atoms. The predicted molar refractivity (Wildman–Crippen MR) is 152 cm³/mol. The maximum Gasteiger partial charge on any atom is 0.490 e. The van der Waals surface area contributed by atoms with Gasteiger partial charge in [0.1, 0.15) is 17.2 Å². The van der Waals surface area contributed by atoms with E-state index in [1.807, 2.05) is 19.2 Å². The highest BCUT2D eigenvalue weighted by atomic mass is 32.2. The molecule has 0 bridgehead atoms. The molecule has 4 N–H and O–H groups in total. The standard InChI is InChI=1S/C24H33N7O4S.C2HF3O2/c1-3-25-22-19-6-9-26-23(19)29-24(28-22)27-20-5-4-18(16-21(20)34-2)36(32,33)31-10-7-17(8-11-31)30-12-14-35-15-13-30;3-2(4,5)1(6)7/h4-6,9,16-17H,3,7-8,10-15H2,1-2H3,(H3,25,26,27,28,29);(H,6,7). The Labute approximate surface area is 246 Å². The number of nitrogens with one attached hydrogen (secondary N) is 3. The third-order valence-corrected chi connectivity index (χ3v) is 8.94. The monoisotopic (exact) mass is 629 g/mol. The molecule has 13 nitrogen and oxygen atoms in total. The van der Waals surface area contributed by atoms with Crippen LogP contribution in [0.15, 0.2) is 35.4 Å². The molecule has 17 heteroatoms. The molecule has 0 unspecified atom stereocenters. The lowest BCUT2D eigenvalue weighted by atomic mass is 10.0. The molecular weight excluding hydrogens is 595 g/mol. The van der Waals surface area contributed by atoms with Crippen LogP contribution in [0.4, 0.5) is 30.6 Å². The van der Waals surface area contributed by atoms with Crippen molar-refractivity contribution in [1.82, 2.24) is 24.2 Å². The van der Waals surface area contributed by atoms with Crippen LogP contribution in [-0.2, 0) is 19.6 Å². The molecule has 2 aliphatic rings. The molecule has 0 spiro atoms. The first-order chi connectivity index (χ1) is 20.4. The number of benzene rings is 1. The number of aromatic amines is 1. The quantitative estimate of drug-likeness (QED) is 0.289. The smallest absolute Gasteiger partial charge is 0.490 e. The highest BCUT2D eigenvalue weighted by molar-refractivity contribution is 7.89. The molecule has 3 aromatic rings. The van der Waals surface area contributed by atoms with Gasteiger partial charge in [-0.15, -0.1) is 0 Å². The summed E-state index contributed by atoms with van der Waals surface area (Å²) >= 11 is 0. The summed E-state index contributed by atoms with van der Waals surface area (Å²) in [5, 5.41) is 14.4. The van der Waals surface area contributed by atoms with E-state index >= 15 is 0 Å². The average molecular weight is 630 g/mol. The van der Waals surface area contributed by atoms with Crippen LogP contribution in [0.3, 0.4) is 0 Å². The Kier molecular flexibility index (Phi) is 10.3. The lowest BCUT2D eigenvalue weighted by molar-refractivity contribution is -0.192. The number of aliphatic carboxylic acids is 1. The summed E-state index contributed by atoms with van der Waals surface area (Å²) in [6.45, 7) is 7.06. The number of ether oxygens (including phenoxy) is 2. The number of hydrogen-bond donors (Lipinski definition) is 4. The summed E-state index contributed by atoms with van der Waals surface area (Å²) in [4.78, 5) is 23.7. The number of carboxylic acid groups (broad SMARTS) is 1. The predicted octanol–water partition coefficient (Wildman–Crippen LogP) is 3.26. The number of alkyl halides is 3. The number of aromatic nitrogens is 3. The summed E-state index contributed by atoms with van der Waals surface area (Å²) < 4.78 is 71.1. The Bertz CT molecular complexity index is 1500. The first kappa shape index (κ1) is 32.2. The number of carboxylic acids is 1. The van der Waals surface area contributed by atoms with Gasteiger partial charge in [-0.25, -0.2) is 13.2 Å². The first-order valence-corrected chi connectivity index (χ1v) is 15.0. The van der Waals surface area contributed by atoms with Gasteiger partial charge in [0.15, 0.2) is 0 Å². The van der Waals surface area contributed by atoms with Crippen LogP contribution in [0.5, 0.6) is 5.75 Å². The minimum atomic E-state index is -5.08. The fourth-order valence-electron chi connectivity index (χ4n) is 4.89. The normalized spacial score (nSPS) is 17.2. The third-order valence-electron chi connectivity index (χ3n) is 7.05. The van der Waals surface area contributed by atoms with Gasteiger partial charge in [-0.2, -0.15) is 27.4 Å². The molecule has 0 aliphatic carbocycles. The van der Waals surface area contributed by atoms with Crippen molar-refractivity contribution in [3.63, 3.8) is 0 Å². The van der Waals surface area contributed by atoms with Crippen molar-refractivity contribution in [1.29, 1.82) is 0 Å². The van der Waals surface area contributed by atoms with Gasteiger partial charge in [-0.3, -0.25) is 4.90 Å². The van der Waals surface area contributed by atoms with Crippen molar-refractivity contribution in [2.24, 2.45) is 0 Å². The average Bonchev–Trinajstić information content (AvgIpc) is 3.47. The number of H-pyrrole nitrogens is 1. The number of nitrogens with zero attached hydrogens (tertiary/aromatic N) is 4. The number of hydrogen-bond acceptors (Lipinski definition) is 10. The Morgan fingerprint density at radius 2 is 1.84 bits per heavy atom. The van der Waals surface area contributed by atoms with E-state index in [1.165, 1.54) is 7.11 Å². The zero-order valence-electron chi connectivity index (χ0n) is 23.6. The number of sulfonamides is 1. The zero-order valence-corrected chi connectivity index (χ0v) is 24.5. The molecule has 1 aromatic carbocycles. The second-order valence-electron chi connectivity index (χ2n) is 9.74. The molecule has 2 fully saturated rings. The van der Waals surface area contributed by atoms with Crippen LogP contribution in [0.2, 0.25) is 0 Å². The molecule has 4 heterocycles. The summed E-state index contributed by atoms with van der Waals surface area (Å²) in [6, 6.07) is 7.18. The SMILES string of the molecule is CCNc1nc(Nc2ccc(S(=O)(=O)N3CCC(N4CCOCC4)CC3)cc2OC)nc2[nH]ccc12.O=C(O)C(F)(F)F. The molecule has 2 aliphatic heterocycles. The van der Waals surface area contributed by atoms with E-state index in [1.54, 1.807) is 22.5 Å². The van der Waals surface area contributed by atoms with Crippen molar-refractivity contribution in [2.75, 3.05) is 63.7 Å². The maximum absolute atomic E-state index is 13.4. The third kappa shape index (κ3) is 7.84. The lowest BCUT2D eigenvalue weighted by Gasteiger charge is -2.39. The van der Waals surface area contributed by atoms with Gasteiger partial charge in [-0.05, 0) is 38.0 Å². The van der Waals surface area contributed by atoms with Gasteiger partial charge in [0.05, 0.1) is 36.3 Å². The van der Waals surface area contributed by atoms with Gasteiger partial charge in [0.2, 0.25) is 16.0 Å². The van der Waals surface area contributed by atoms with E-state index in [0.717, 1.165) is 51.1 Å². The number of halogens is 3. The fraction of sp³-hybridized carbons (Fsp3) is 0.500. The highest BCUT2D eigenvalue weighted by Gasteiger charge is 2.38. The molecule has 2 saturated heterocycles. The molecule has 0 atom stereocenters. The number of rotatable bonds is 8. The minimum absolute atomic E-state index is 0.212. The molecule has 0 amide bonds. The van der Waals surface area contributed by atoms with Gasteiger partial charge >= 0.3 is 12.1 Å². The number of fused-ring (bicyclic) bond motifs is 1. The molecule has 5 rings (SSSR count). The van der Waals surface area contributed by atoms with Gasteiger partial charge in [0.25, 0.3) is 0 Å². The van der Waals surface area contributed by atoms with Crippen LogP contribution >= 0.6 is 0 Å². The van der Waals surface area contributed by atoms with E-state index in [0.29, 0.717) is 48.0 Å². The fourth-order valence-corrected chi connectivity index (χ4v) is 6.38. The van der Waals surface area contributed by atoms with Crippen LogP contribution in [0, 0.1) is 0 Å². The summed E-state index contributed by atoms with van der Waals surface area (Å²) in [5.41, 5.74) is 1.28. The number of carbonyl (C=O) groups is 1. The molecular formula is C26H34F3N7O6S. The first-order valence-electron chi connectivity index (χ1n) is 13.6. The van der Waals surface area contributed by atoms with Crippen molar-refractivity contribution in [2.45, 2.75) is 36.9 Å². The van der Waals surface area contributed by atoms with Crippen LogP contribution in [0.1, 0.15) is 19.8 Å². The van der Waals surface area contributed by atoms with E-state index in [2.05, 4.69) is 30.5 Å². The van der Waals surface area contributed by atoms with E-state index in [4.69, 9.17) is 19.4 Å². The minimum Gasteiger partial charge on any atom is -0.495 e. The second-order valence-corrected chi connectivity index (χ2v) is 11.7. The van der Waals surface area contributed by atoms with Gasteiger partial charge in [0, 0.05) is 51.0 Å². The Morgan fingerprint density at radius 3 is 2.44 bits per heavy atom. The van der Waals surface area contributed by atoms with Crippen LogP contribution in [0.25, 0.3) is 11.0 Å². The van der Waals surface area contributed by atoms with Crippen molar-refractivity contribution < 1.29 is 41.0 Å². The number of morpholine rings is 1.